The second-order valence-electron chi connectivity index (χ2n) is 5.65. The molecule has 1 aliphatic heterocycles. The van der Waals surface area contributed by atoms with Crippen LogP contribution < -0.4 is 0 Å². The van der Waals surface area contributed by atoms with Crippen molar-refractivity contribution in [2.75, 3.05) is 0 Å². The van der Waals surface area contributed by atoms with E-state index in [4.69, 9.17) is 9.15 Å². The predicted octanol–water partition coefficient (Wildman–Crippen LogP) is 3.82. The Bertz CT molecular complexity index is 722. The molecule has 0 aliphatic carbocycles. The summed E-state index contributed by atoms with van der Waals surface area (Å²) in [6.45, 7) is 4.37. The number of carbonyl (C=O) groups excluding carboxylic acids is 1. The Balaban J connectivity index is 1.82. The number of hydrogen-bond acceptors (Lipinski definition) is 4. The van der Waals surface area contributed by atoms with Gasteiger partial charge in [0.05, 0.1) is 6.26 Å². The molecule has 1 aliphatic rings. The lowest BCUT2D eigenvalue weighted by Gasteiger charge is -2.05. The van der Waals surface area contributed by atoms with Crippen LogP contribution in [0, 0.1) is 5.92 Å². The quantitative estimate of drug-likeness (QED) is 0.636. The second kappa shape index (κ2) is 6.02. The van der Waals surface area contributed by atoms with Gasteiger partial charge in [0.15, 0.2) is 5.70 Å². The SMILES string of the molecule is CC(C)Cc1ccc(C2=NC(=Cc3ccco3)C(=O)O2)cc1. The van der Waals surface area contributed by atoms with E-state index in [1.54, 1.807) is 24.5 Å². The monoisotopic (exact) mass is 295 g/mol. The van der Waals surface area contributed by atoms with Crippen LogP contribution in [-0.2, 0) is 16.0 Å². The molecule has 1 aromatic carbocycles. The number of benzene rings is 1. The third-order valence-corrected chi connectivity index (χ3v) is 3.29. The number of aliphatic imine (C=N–C) groups is 1. The molecule has 0 amide bonds. The first-order chi connectivity index (χ1) is 10.6. The standard InChI is InChI=1S/C18H17NO3/c1-12(2)10-13-5-7-14(8-6-13)17-19-16(18(20)22-17)11-15-4-3-9-21-15/h3-9,11-12H,10H2,1-2H3. The van der Waals surface area contributed by atoms with Crippen LogP contribution in [0.15, 0.2) is 57.8 Å². The molecule has 0 bridgehead atoms. The number of hydrogen-bond donors (Lipinski definition) is 0. The minimum Gasteiger partial charge on any atom is -0.465 e. The highest BCUT2D eigenvalue weighted by Crippen LogP contribution is 2.20. The van der Waals surface area contributed by atoms with Crippen LogP contribution >= 0.6 is 0 Å². The van der Waals surface area contributed by atoms with Crippen molar-refractivity contribution in [1.82, 2.24) is 0 Å². The van der Waals surface area contributed by atoms with Crippen molar-refractivity contribution in [3.05, 3.63) is 65.2 Å². The van der Waals surface area contributed by atoms with Gasteiger partial charge in [-0.1, -0.05) is 26.0 Å². The molecule has 0 saturated heterocycles. The van der Waals surface area contributed by atoms with Crippen LogP contribution in [0.1, 0.15) is 30.7 Å². The van der Waals surface area contributed by atoms with Gasteiger partial charge in [-0.2, -0.15) is 0 Å². The number of ether oxygens (including phenoxy) is 1. The van der Waals surface area contributed by atoms with E-state index in [2.05, 4.69) is 18.8 Å². The molecule has 112 valence electrons. The Morgan fingerprint density at radius 1 is 1.18 bits per heavy atom. The first-order valence-corrected chi connectivity index (χ1v) is 7.27. The van der Waals surface area contributed by atoms with Crippen LogP contribution in [0.5, 0.6) is 0 Å². The van der Waals surface area contributed by atoms with Crippen molar-refractivity contribution in [1.29, 1.82) is 0 Å². The van der Waals surface area contributed by atoms with E-state index in [0.29, 0.717) is 17.6 Å². The zero-order chi connectivity index (χ0) is 15.5. The number of esters is 1. The fourth-order valence-corrected chi connectivity index (χ4v) is 2.30. The summed E-state index contributed by atoms with van der Waals surface area (Å²) < 4.78 is 10.4. The van der Waals surface area contributed by atoms with Gasteiger partial charge >= 0.3 is 5.97 Å². The van der Waals surface area contributed by atoms with Crippen molar-refractivity contribution in [3.63, 3.8) is 0 Å². The van der Waals surface area contributed by atoms with Crippen molar-refractivity contribution in [2.45, 2.75) is 20.3 Å². The average molecular weight is 295 g/mol. The summed E-state index contributed by atoms with van der Waals surface area (Å²) in [6, 6.07) is 11.5. The molecular weight excluding hydrogens is 278 g/mol. The Labute approximate surface area is 129 Å². The smallest absolute Gasteiger partial charge is 0.363 e. The summed E-state index contributed by atoms with van der Waals surface area (Å²) >= 11 is 0. The van der Waals surface area contributed by atoms with Gasteiger partial charge in [0.25, 0.3) is 0 Å². The lowest BCUT2D eigenvalue weighted by Crippen LogP contribution is -2.05. The van der Waals surface area contributed by atoms with E-state index >= 15 is 0 Å². The van der Waals surface area contributed by atoms with Gasteiger partial charge in [-0.3, -0.25) is 0 Å². The maximum atomic E-state index is 11.8. The number of rotatable bonds is 4. The molecule has 0 N–H and O–H groups in total. The summed E-state index contributed by atoms with van der Waals surface area (Å²) in [5.41, 5.74) is 2.30. The van der Waals surface area contributed by atoms with Gasteiger partial charge in [0, 0.05) is 11.6 Å². The fourth-order valence-electron chi connectivity index (χ4n) is 2.30. The average Bonchev–Trinajstić information content (AvgIpc) is 3.10. The normalized spacial score (nSPS) is 16.2. The van der Waals surface area contributed by atoms with Gasteiger partial charge < -0.3 is 9.15 Å². The molecule has 4 nitrogen and oxygen atoms in total. The maximum absolute atomic E-state index is 11.8. The molecule has 2 heterocycles. The minimum absolute atomic E-state index is 0.246. The molecule has 3 rings (SSSR count). The van der Waals surface area contributed by atoms with Gasteiger partial charge in [-0.05, 0) is 42.2 Å². The molecule has 2 aromatic rings. The third kappa shape index (κ3) is 3.17. The molecule has 0 fully saturated rings. The van der Waals surface area contributed by atoms with Crippen LogP contribution in [0.25, 0.3) is 6.08 Å². The topological polar surface area (TPSA) is 51.8 Å². The fraction of sp³-hybridized carbons (Fsp3) is 0.222. The van der Waals surface area contributed by atoms with E-state index in [1.165, 1.54) is 5.56 Å². The van der Waals surface area contributed by atoms with Crippen molar-refractivity contribution in [2.24, 2.45) is 10.9 Å². The highest BCUT2D eigenvalue weighted by Gasteiger charge is 2.24. The summed E-state index contributed by atoms with van der Waals surface area (Å²) in [5.74, 6) is 1.05. The Kier molecular flexibility index (Phi) is 3.92. The molecule has 0 radical (unpaired) electrons. The van der Waals surface area contributed by atoms with Crippen molar-refractivity contribution >= 4 is 17.9 Å². The number of nitrogens with zero attached hydrogens (tertiary/aromatic N) is 1. The van der Waals surface area contributed by atoms with Crippen LogP contribution in [-0.4, -0.2) is 11.9 Å². The van der Waals surface area contributed by atoms with Gasteiger partial charge in [0.2, 0.25) is 5.90 Å². The van der Waals surface area contributed by atoms with Crippen molar-refractivity contribution < 1.29 is 13.9 Å². The van der Waals surface area contributed by atoms with Crippen LogP contribution in [0.3, 0.4) is 0 Å². The lowest BCUT2D eigenvalue weighted by atomic mass is 10.0. The molecule has 22 heavy (non-hydrogen) atoms. The molecular formula is C18H17NO3. The molecule has 0 saturated carbocycles. The first kappa shape index (κ1) is 14.3. The zero-order valence-corrected chi connectivity index (χ0v) is 12.6. The van der Waals surface area contributed by atoms with Crippen LogP contribution in [0.2, 0.25) is 0 Å². The number of carbonyl (C=O) groups is 1. The number of cyclic esters (lactones) is 1. The summed E-state index contributed by atoms with van der Waals surface area (Å²) in [7, 11) is 0. The summed E-state index contributed by atoms with van der Waals surface area (Å²) in [4.78, 5) is 16.1. The lowest BCUT2D eigenvalue weighted by molar-refractivity contribution is -0.129. The molecule has 0 unspecified atom stereocenters. The molecule has 0 spiro atoms. The van der Waals surface area contributed by atoms with Gasteiger partial charge in [-0.25, -0.2) is 9.79 Å². The summed E-state index contributed by atoms with van der Waals surface area (Å²) in [6.07, 6.45) is 4.14. The highest BCUT2D eigenvalue weighted by molar-refractivity contribution is 6.12. The van der Waals surface area contributed by atoms with Gasteiger partial charge in [0.1, 0.15) is 5.76 Å². The van der Waals surface area contributed by atoms with E-state index in [9.17, 15) is 4.79 Å². The highest BCUT2D eigenvalue weighted by atomic mass is 16.6. The van der Waals surface area contributed by atoms with Gasteiger partial charge in [-0.15, -0.1) is 0 Å². The Morgan fingerprint density at radius 3 is 2.59 bits per heavy atom. The number of furan rings is 1. The third-order valence-electron chi connectivity index (χ3n) is 3.29. The maximum Gasteiger partial charge on any atom is 0.363 e. The Hall–Kier alpha value is -2.62. The van der Waals surface area contributed by atoms with E-state index in [0.717, 1.165) is 12.0 Å². The van der Waals surface area contributed by atoms with E-state index < -0.39 is 5.97 Å². The van der Waals surface area contributed by atoms with E-state index in [1.807, 2.05) is 24.3 Å². The van der Waals surface area contributed by atoms with Crippen molar-refractivity contribution in [3.8, 4) is 0 Å². The predicted molar refractivity (Wildman–Crippen MR) is 84.3 cm³/mol. The van der Waals surface area contributed by atoms with Crippen LogP contribution in [0.4, 0.5) is 0 Å². The molecule has 4 heteroatoms. The largest absolute Gasteiger partial charge is 0.465 e. The van der Waals surface area contributed by atoms with E-state index in [-0.39, 0.29) is 5.70 Å². The Morgan fingerprint density at radius 2 is 1.95 bits per heavy atom. The summed E-state index contributed by atoms with van der Waals surface area (Å²) in [5, 5.41) is 0. The first-order valence-electron chi connectivity index (χ1n) is 7.27. The zero-order valence-electron chi connectivity index (χ0n) is 12.6. The minimum atomic E-state index is -0.461. The molecule has 0 atom stereocenters. The second-order valence-corrected chi connectivity index (χ2v) is 5.65. The molecule has 1 aromatic heterocycles.